The number of piperazine rings is 1. The predicted molar refractivity (Wildman–Crippen MR) is 78.1 cm³/mol. The van der Waals surface area contributed by atoms with Gasteiger partial charge in [-0.2, -0.15) is 12.6 Å². The van der Waals surface area contributed by atoms with Gasteiger partial charge in [0.25, 0.3) is 0 Å². The highest BCUT2D eigenvalue weighted by Gasteiger charge is 2.15. The lowest BCUT2D eigenvalue weighted by Crippen LogP contribution is -2.46. The van der Waals surface area contributed by atoms with Crippen LogP contribution in [-0.4, -0.2) is 43.4 Å². The third-order valence-electron chi connectivity index (χ3n) is 3.13. The van der Waals surface area contributed by atoms with Crippen LogP contribution in [0.15, 0.2) is 42.5 Å². The number of para-hydroxylation sites is 1. The summed E-state index contributed by atoms with van der Waals surface area (Å²) in [6.45, 7) is 5.60. The molecule has 0 spiro atoms. The standard InChI is InChI=1S/C14H20N2S/c17-13-5-4-8-15-9-11-16(12-10-15)14-6-2-1-3-7-14/h1-7,17H,8-13H2. The quantitative estimate of drug-likeness (QED) is 0.645. The molecule has 1 fully saturated rings. The smallest absolute Gasteiger partial charge is 0.0367 e. The summed E-state index contributed by atoms with van der Waals surface area (Å²) < 4.78 is 0. The molecule has 0 amide bonds. The van der Waals surface area contributed by atoms with Gasteiger partial charge >= 0.3 is 0 Å². The lowest BCUT2D eigenvalue weighted by Gasteiger charge is -2.35. The Hall–Kier alpha value is -0.930. The number of nitrogens with zero attached hydrogens (tertiary/aromatic N) is 2. The molecule has 0 unspecified atom stereocenters. The molecule has 0 bridgehead atoms. The first-order valence-electron chi connectivity index (χ1n) is 6.18. The SMILES string of the molecule is SCC=CCN1CCN(c2ccccc2)CC1. The molecular formula is C14H20N2S. The molecular weight excluding hydrogens is 228 g/mol. The third-order valence-corrected chi connectivity index (χ3v) is 3.34. The normalized spacial score (nSPS) is 17.8. The Kier molecular flexibility index (Phi) is 4.95. The molecule has 1 aliphatic heterocycles. The van der Waals surface area contributed by atoms with Crippen molar-refractivity contribution in [2.24, 2.45) is 0 Å². The van der Waals surface area contributed by atoms with Crippen LogP contribution < -0.4 is 4.90 Å². The van der Waals surface area contributed by atoms with Gasteiger partial charge in [-0.05, 0) is 12.1 Å². The summed E-state index contributed by atoms with van der Waals surface area (Å²) in [6.07, 6.45) is 4.33. The van der Waals surface area contributed by atoms with Crippen LogP contribution in [0.3, 0.4) is 0 Å². The molecule has 1 aliphatic rings. The second-order valence-corrected chi connectivity index (χ2v) is 4.64. The minimum atomic E-state index is 0.837. The molecule has 92 valence electrons. The molecule has 0 aromatic heterocycles. The van der Waals surface area contributed by atoms with Crippen LogP contribution >= 0.6 is 12.6 Å². The van der Waals surface area contributed by atoms with E-state index in [2.05, 4.69) is 64.9 Å². The van der Waals surface area contributed by atoms with Crippen LogP contribution in [0.4, 0.5) is 5.69 Å². The molecule has 3 heteroatoms. The number of anilines is 1. The van der Waals surface area contributed by atoms with E-state index in [0.717, 1.165) is 38.5 Å². The van der Waals surface area contributed by atoms with Crippen LogP contribution in [0.1, 0.15) is 0 Å². The molecule has 1 saturated heterocycles. The van der Waals surface area contributed by atoms with Crippen molar-refractivity contribution in [1.29, 1.82) is 0 Å². The van der Waals surface area contributed by atoms with E-state index in [4.69, 9.17) is 0 Å². The van der Waals surface area contributed by atoms with E-state index in [1.165, 1.54) is 5.69 Å². The highest BCUT2D eigenvalue weighted by atomic mass is 32.1. The van der Waals surface area contributed by atoms with Crippen molar-refractivity contribution in [3.8, 4) is 0 Å². The molecule has 2 nitrogen and oxygen atoms in total. The van der Waals surface area contributed by atoms with Crippen LogP contribution in [0.5, 0.6) is 0 Å². The van der Waals surface area contributed by atoms with Crippen molar-refractivity contribution >= 4 is 18.3 Å². The van der Waals surface area contributed by atoms with Crippen LogP contribution in [0.2, 0.25) is 0 Å². The molecule has 0 radical (unpaired) electrons. The number of benzene rings is 1. The predicted octanol–water partition coefficient (Wildman–Crippen LogP) is 2.29. The fraction of sp³-hybridized carbons (Fsp3) is 0.429. The van der Waals surface area contributed by atoms with E-state index in [0.29, 0.717) is 0 Å². The minimum absolute atomic E-state index is 0.837. The molecule has 0 saturated carbocycles. The highest BCUT2D eigenvalue weighted by molar-refractivity contribution is 7.80. The van der Waals surface area contributed by atoms with Gasteiger partial charge in [0.2, 0.25) is 0 Å². The van der Waals surface area contributed by atoms with E-state index >= 15 is 0 Å². The average Bonchev–Trinajstić information content (AvgIpc) is 2.41. The van der Waals surface area contributed by atoms with Gasteiger partial charge in [0.05, 0.1) is 0 Å². The zero-order valence-corrected chi connectivity index (χ0v) is 11.0. The van der Waals surface area contributed by atoms with Crippen molar-refractivity contribution in [2.75, 3.05) is 43.4 Å². The first-order chi connectivity index (χ1) is 8.40. The van der Waals surface area contributed by atoms with Crippen molar-refractivity contribution < 1.29 is 0 Å². The maximum atomic E-state index is 4.17. The summed E-state index contributed by atoms with van der Waals surface area (Å²) in [4.78, 5) is 4.94. The van der Waals surface area contributed by atoms with Crippen molar-refractivity contribution in [2.45, 2.75) is 0 Å². The van der Waals surface area contributed by atoms with E-state index in [1.807, 2.05) is 0 Å². The van der Waals surface area contributed by atoms with E-state index in [1.54, 1.807) is 0 Å². The van der Waals surface area contributed by atoms with Gasteiger partial charge in [-0.15, -0.1) is 0 Å². The summed E-state index contributed by atoms with van der Waals surface area (Å²) in [5, 5.41) is 0. The van der Waals surface area contributed by atoms with Gasteiger partial charge < -0.3 is 4.90 Å². The molecule has 0 aliphatic carbocycles. The topological polar surface area (TPSA) is 6.48 Å². The second-order valence-electron chi connectivity index (χ2n) is 4.28. The molecule has 0 atom stereocenters. The lowest BCUT2D eigenvalue weighted by molar-refractivity contribution is 0.284. The Morgan fingerprint density at radius 1 is 1.00 bits per heavy atom. The number of thiol groups is 1. The summed E-state index contributed by atoms with van der Waals surface area (Å²) in [6, 6.07) is 10.7. The molecule has 1 aromatic carbocycles. The monoisotopic (exact) mass is 248 g/mol. The van der Waals surface area contributed by atoms with E-state index < -0.39 is 0 Å². The maximum absolute atomic E-state index is 4.17. The van der Waals surface area contributed by atoms with E-state index in [-0.39, 0.29) is 0 Å². The van der Waals surface area contributed by atoms with Crippen LogP contribution in [0.25, 0.3) is 0 Å². The maximum Gasteiger partial charge on any atom is 0.0367 e. The van der Waals surface area contributed by atoms with Crippen molar-refractivity contribution in [3.05, 3.63) is 42.5 Å². The van der Waals surface area contributed by atoms with Crippen molar-refractivity contribution in [3.63, 3.8) is 0 Å². The second kappa shape index (κ2) is 6.72. The molecule has 1 heterocycles. The highest BCUT2D eigenvalue weighted by Crippen LogP contribution is 2.15. The Labute approximate surface area is 109 Å². The third kappa shape index (κ3) is 3.79. The Morgan fingerprint density at radius 2 is 1.71 bits per heavy atom. The summed E-state index contributed by atoms with van der Waals surface area (Å²) in [7, 11) is 0. The average molecular weight is 248 g/mol. The number of hydrogen-bond donors (Lipinski definition) is 1. The van der Waals surface area contributed by atoms with Gasteiger partial charge in [0, 0.05) is 44.2 Å². The first kappa shape index (κ1) is 12.5. The molecule has 1 aromatic rings. The Morgan fingerprint density at radius 3 is 2.35 bits per heavy atom. The number of rotatable bonds is 4. The Balaban J connectivity index is 1.80. The molecule has 17 heavy (non-hydrogen) atoms. The fourth-order valence-corrected chi connectivity index (χ4v) is 2.27. The van der Waals surface area contributed by atoms with Gasteiger partial charge in [-0.3, -0.25) is 4.90 Å². The zero-order chi connectivity index (χ0) is 11.9. The molecule has 2 rings (SSSR count). The van der Waals surface area contributed by atoms with Gasteiger partial charge in [-0.1, -0.05) is 30.4 Å². The van der Waals surface area contributed by atoms with E-state index in [9.17, 15) is 0 Å². The summed E-state index contributed by atoms with van der Waals surface area (Å²) >= 11 is 4.17. The minimum Gasteiger partial charge on any atom is -0.369 e. The van der Waals surface area contributed by atoms with Gasteiger partial charge in [-0.25, -0.2) is 0 Å². The molecule has 0 N–H and O–H groups in total. The van der Waals surface area contributed by atoms with Crippen molar-refractivity contribution in [1.82, 2.24) is 4.90 Å². The summed E-state index contributed by atoms with van der Waals surface area (Å²) in [5.41, 5.74) is 1.35. The van der Waals surface area contributed by atoms with Crippen LogP contribution in [0, 0.1) is 0 Å². The fourth-order valence-electron chi connectivity index (χ4n) is 2.13. The van der Waals surface area contributed by atoms with Crippen LogP contribution in [-0.2, 0) is 0 Å². The zero-order valence-electron chi connectivity index (χ0n) is 10.1. The lowest BCUT2D eigenvalue weighted by atomic mass is 10.2. The Bertz CT molecular complexity index is 342. The van der Waals surface area contributed by atoms with Gasteiger partial charge in [0.15, 0.2) is 0 Å². The van der Waals surface area contributed by atoms with Gasteiger partial charge in [0.1, 0.15) is 0 Å². The first-order valence-corrected chi connectivity index (χ1v) is 6.81. The largest absolute Gasteiger partial charge is 0.369 e. The summed E-state index contributed by atoms with van der Waals surface area (Å²) in [5.74, 6) is 0.837. The number of hydrogen-bond acceptors (Lipinski definition) is 3.